The molecule has 2 atom stereocenters. The molecule has 2 aromatic carbocycles. The van der Waals surface area contributed by atoms with Crippen molar-refractivity contribution in [2.45, 2.75) is 25.5 Å². The SMILES string of the molecule is C[C@H](O)[C@@H](CCOc1ccc2ccccc2c1)n1cnc(C(N)=O)c1. The van der Waals surface area contributed by atoms with Gasteiger partial charge < -0.3 is 20.1 Å². The second kappa shape index (κ2) is 7.36. The van der Waals surface area contributed by atoms with E-state index in [1.54, 1.807) is 17.7 Å². The molecular formula is C19H21N3O3. The number of carbonyl (C=O) groups is 1. The van der Waals surface area contributed by atoms with Gasteiger partial charge in [-0.1, -0.05) is 30.3 Å². The van der Waals surface area contributed by atoms with Crippen LogP contribution in [-0.2, 0) is 0 Å². The molecule has 0 saturated carbocycles. The van der Waals surface area contributed by atoms with Crippen molar-refractivity contribution in [1.29, 1.82) is 0 Å². The summed E-state index contributed by atoms with van der Waals surface area (Å²) >= 11 is 0. The first-order chi connectivity index (χ1) is 12.0. The van der Waals surface area contributed by atoms with Crippen LogP contribution < -0.4 is 10.5 Å². The summed E-state index contributed by atoms with van der Waals surface area (Å²) in [6, 6.07) is 13.8. The fourth-order valence-electron chi connectivity index (χ4n) is 2.84. The van der Waals surface area contributed by atoms with Crippen LogP contribution in [0.15, 0.2) is 55.0 Å². The number of benzene rings is 2. The van der Waals surface area contributed by atoms with Gasteiger partial charge in [0.05, 0.1) is 25.1 Å². The van der Waals surface area contributed by atoms with E-state index in [0.717, 1.165) is 16.5 Å². The minimum atomic E-state index is -0.616. The molecule has 0 fully saturated rings. The molecule has 3 aromatic rings. The minimum absolute atomic E-state index is 0.182. The zero-order chi connectivity index (χ0) is 17.8. The highest BCUT2D eigenvalue weighted by atomic mass is 16.5. The van der Waals surface area contributed by atoms with Gasteiger partial charge in [0.25, 0.3) is 5.91 Å². The first-order valence-electron chi connectivity index (χ1n) is 8.17. The maximum absolute atomic E-state index is 11.2. The lowest BCUT2D eigenvalue weighted by Crippen LogP contribution is -2.23. The van der Waals surface area contributed by atoms with Crippen LogP contribution in [0.25, 0.3) is 10.8 Å². The van der Waals surface area contributed by atoms with Crippen molar-refractivity contribution < 1.29 is 14.6 Å². The van der Waals surface area contributed by atoms with E-state index < -0.39 is 12.0 Å². The number of aliphatic hydroxyl groups excluding tert-OH is 1. The molecule has 1 amide bonds. The second-order valence-corrected chi connectivity index (χ2v) is 6.02. The van der Waals surface area contributed by atoms with Crippen molar-refractivity contribution in [2.24, 2.45) is 5.73 Å². The van der Waals surface area contributed by atoms with Gasteiger partial charge in [-0.15, -0.1) is 0 Å². The number of rotatable bonds is 7. The van der Waals surface area contributed by atoms with Gasteiger partial charge in [-0.25, -0.2) is 4.98 Å². The van der Waals surface area contributed by atoms with Gasteiger partial charge in [0.1, 0.15) is 11.4 Å². The van der Waals surface area contributed by atoms with Crippen LogP contribution in [0.5, 0.6) is 5.75 Å². The van der Waals surface area contributed by atoms with Crippen molar-refractivity contribution >= 4 is 16.7 Å². The van der Waals surface area contributed by atoms with Crippen LogP contribution in [-0.4, -0.2) is 33.3 Å². The third kappa shape index (κ3) is 3.97. The molecule has 6 nitrogen and oxygen atoms in total. The first kappa shape index (κ1) is 17.0. The summed E-state index contributed by atoms with van der Waals surface area (Å²) in [6.07, 6.45) is 3.01. The number of nitrogens with two attached hydrogens (primary N) is 1. The Kier molecular flexibility index (Phi) is 5.00. The van der Waals surface area contributed by atoms with Crippen LogP contribution in [0, 0.1) is 0 Å². The number of aliphatic hydroxyl groups is 1. The maximum atomic E-state index is 11.2. The second-order valence-electron chi connectivity index (χ2n) is 6.02. The van der Waals surface area contributed by atoms with Crippen molar-refractivity contribution in [3.05, 3.63) is 60.7 Å². The van der Waals surface area contributed by atoms with Gasteiger partial charge >= 0.3 is 0 Å². The Bertz CT molecular complexity index is 873. The van der Waals surface area contributed by atoms with Crippen LogP contribution >= 0.6 is 0 Å². The van der Waals surface area contributed by atoms with Crippen LogP contribution in [0.2, 0.25) is 0 Å². The molecule has 6 heteroatoms. The first-order valence-corrected chi connectivity index (χ1v) is 8.17. The van der Waals surface area contributed by atoms with Crippen LogP contribution in [0.1, 0.15) is 29.9 Å². The molecular weight excluding hydrogens is 318 g/mol. The summed E-state index contributed by atoms with van der Waals surface area (Å²) < 4.78 is 7.54. The quantitative estimate of drug-likeness (QED) is 0.692. The normalized spacial score (nSPS) is 13.5. The number of amides is 1. The summed E-state index contributed by atoms with van der Waals surface area (Å²) in [5.41, 5.74) is 5.40. The van der Waals surface area contributed by atoms with E-state index in [1.807, 2.05) is 36.4 Å². The summed E-state index contributed by atoms with van der Waals surface area (Å²) in [4.78, 5) is 15.1. The number of imidazole rings is 1. The molecule has 0 spiro atoms. The van der Waals surface area contributed by atoms with E-state index in [0.29, 0.717) is 13.0 Å². The highest BCUT2D eigenvalue weighted by Gasteiger charge is 2.18. The van der Waals surface area contributed by atoms with E-state index in [-0.39, 0.29) is 11.7 Å². The third-order valence-electron chi connectivity index (χ3n) is 4.20. The molecule has 3 rings (SSSR count). The molecule has 25 heavy (non-hydrogen) atoms. The molecule has 0 aliphatic carbocycles. The number of fused-ring (bicyclic) bond motifs is 1. The molecule has 0 unspecified atom stereocenters. The van der Waals surface area contributed by atoms with Gasteiger partial charge in [-0.05, 0) is 29.8 Å². The Balaban J connectivity index is 1.65. The fraction of sp³-hybridized carbons (Fsp3) is 0.263. The number of carbonyl (C=O) groups excluding carboxylic acids is 1. The van der Waals surface area contributed by atoms with Crippen LogP contribution in [0.3, 0.4) is 0 Å². The average Bonchev–Trinajstić information content (AvgIpc) is 3.08. The molecule has 0 aliphatic rings. The Labute approximate surface area is 145 Å². The lowest BCUT2D eigenvalue weighted by atomic mass is 10.1. The predicted octanol–water partition coefficient (Wildman–Crippen LogP) is 2.53. The Morgan fingerprint density at radius 3 is 2.72 bits per heavy atom. The number of ether oxygens (including phenoxy) is 1. The lowest BCUT2D eigenvalue weighted by molar-refractivity contribution is 0.0993. The molecule has 0 aliphatic heterocycles. The number of nitrogens with zero attached hydrogens (tertiary/aromatic N) is 2. The Hall–Kier alpha value is -2.86. The smallest absolute Gasteiger partial charge is 0.268 e. The monoisotopic (exact) mass is 339 g/mol. The zero-order valence-corrected chi connectivity index (χ0v) is 14.0. The van der Waals surface area contributed by atoms with Gasteiger partial charge in [0.2, 0.25) is 0 Å². The van der Waals surface area contributed by atoms with E-state index >= 15 is 0 Å². The van der Waals surface area contributed by atoms with E-state index in [2.05, 4.69) is 11.1 Å². The van der Waals surface area contributed by atoms with E-state index in [9.17, 15) is 9.90 Å². The fourth-order valence-corrected chi connectivity index (χ4v) is 2.84. The zero-order valence-electron chi connectivity index (χ0n) is 14.0. The molecule has 0 saturated heterocycles. The van der Waals surface area contributed by atoms with Gasteiger partial charge in [0.15, 0.2) is 0 Å². The summed E-state index contributed by atoms with van der Waals surface area (Å²) in [7, 11) is 0. The number of primary amides is 1. The minimum Gasteiger partial charge on any atom is -0.493 e. The average molecular weight is 339 g/mol. The molecule has 0 radical (unpaired) electrons. The highest BCUT2D eigenvalue weighted by molar-refractivity contribution is 5.90. The van der Waals surface area contributed by atoms with Gasteiger partial charge in [-0.3, -0.25) is 4.79 Å². The van der Waals surface area contributed by atoms with Gasteiger partial charge in [-0.2, -0.15) is 0 Å². The number of hydrogen-bond donors (Lipinski definition) is 2. The predicted molar refractivity (Wildman–Crippen MR) is 95.5 cm³/mol. The Morgan fingerprint density at radius 1 is 1.28 bits per heavy atom. The molecule has 0 bridgehead atoms. The summed E-state index contributed by atoms with van der Waals surface area (Å²) in [5.74, 6) is 0.196. The number of hydrogen-bond acceptors (Lipinski definition) is 4. The standard InChI is InChI=1S/C19H21N3O3/c1-13(23)18(22-11-17(19(20)24)21-12-22)8-9-25-16-7-6-14-4-2-3-5-15(14)10-16/h2-7,10-13,18,23H,8-9H2,1H3,(H2,20,24)/t13-,18+/m0/s1. The van der Waals surface area contributed by atoms with Crippen molar-refractivity contribution in [2.75, 3.05) is 6.61 Å². The maximum Gasteiger partial charge on any atom is 0.268 e. The van der Waals surface area contributed by atoms with Crippen molar-refractivity contribution in [3.8, 4) is 5.75 Å². The van der Waals surface area contributed by atoms with E-state index in [4.69, 9.17) is 10.5 Å². The van der Waals surface area contributed by atoms with Crippen molar-refractivity contribution in [1.82, 2.24) is 9.55 Å². The van der Waals surface area contributed by atoms with E-state index in [1.165, 1.54) is 6.33 Å². The van der Waals surface area contributed by atoms with Crippen molar-refractivity contribution in [3.63, 3.8) is 0 Å². The molecule has 130 valence electrons. The highest BCUT2D eigenvalue weighted by Crippen LogP contribution is 2.22. The number of aromatic nitrogens is 2. The van der Waals surface area contributed by atoms with Gasteiger partial charge in [0, 0.05) is 12.6 Å². The molecule has 1 aromatic heterocycles. The molecule has 1 heterocycles. The van der Waals surface area contributed by atoms with Crippen LogP contribution in [0.4, 0.5) is 0 Å². The summed E-state index contributed by atoms with van der Waals surface area (Å²) in [6.45, 7) is 2.13. The third-order valence-corrected chi connectivity index (χ3v) is 4.20. The molecule has 3 N–H and O–H groups in total. The Morgan fingerprint density at radius 2 is 2.04 bits per heavy atom. The topological polar surface area (TPSA) is 90.4 Å². The lowest BCUT2D eigenvalue weighted by Gasteiger charge is -2.21. The largest absolute Gasteiger partial charge is 0.493 e. The summed E-state index contributed by atoms with van der Waals surface area (Å²) in [5, 5.41) is 12.3.